The maximum absolute atomic E-state index is 2.75. The Labute approximate surface area is 531 Å². The van der Waals surface area contributed by atoms with E-state index in [4.69, 9.17) is 0 Å². The Morgan fingerprint density at radius 3 is 1.16 bits per heavy atom. The van der Waals surface area contributed by atoms with Gasteiger partial charge < -0.3 is 14.4 Å². The lowest BCUT2D eigenvalue weighted by molar-refractivity contribution is 0.444. The number of hydrogen-bond acceptors (Lipinski definition) is 2. The minimum Gasteiger partial charge on any atom is -0.310 e. The van der Waals surface area contributed by atoms with Crippen LogP contribution in [0, 0.1) is 0 Å². The van der Waals surface area contributed by atoms with Gasteiger partial charge in [-0.3, -0.25) is 0 Å². The van der Waals surface area contributed by atoms with E-state index < -0.39 is 0 Å². The molecule has 0 spiro atoms. The second-order valence-corrected chi connectivity index (χ2v) is 27.5. The Bertz CT molecular complexity index is 4690. The lowest BCUT2D eigenvalue weighted by Gasteiger charge is -2.46. The average molecular weight is 1160 g/mol. The van der Waals surface area contributed by atoms with Crippen molar-refractivity contribution in [2.24, 2.45) is 0 Å². The molecule has 2 aliphatic heterocycles. The van der Waals surface area contributed by atoms with Crippen LogP contribution in [0.25, 0.3) is 83.1 Å². The topological polar surface area (TPSA) is 11.4 Å². The standard InChI is InChI=1S/C86H74BN3/c1-85(2,3)65-44-47-72-73-48-45-66(86(4,5)6)55-77(73)88(76(72)54-65)67-46-50-75-79(56-67)90(84-70(61-35-21-11-22-36-61)41-26-42-71(84)62-37-23-12-24-38-62)81-53-64(58-29-15-8-16-30-58)52-80-82(81)87(75)74-49-43-63(57-27-13-7-14-28-57)51-78(74)89(80)83-68(59-31-17-9-18-32-59)39-25-40-69(83)60-33-19-10-20-34-60/h7,9-14,17-28,31-56,58H,8,15-16,29-30H2,1-6H3. The minimum absolute atomic E-state index is 0.0583. The fourth-order valence-electron chi connectivity index (χ4n) is 15.3. The Morgan fingerprint density at radius 1 is 0.333 bits per heavy atom. The van der Waals surface area contributed by atoms with Crippen LogP contribution in [-0.4, -0.2) is 11.3 Å². The van der Waals surface area contributed by atoms with Crippen molar-refractivity contribution in [2.75, 3.05) is 9.80 Å². The summed E-state index contributed by atoms with van der Waals surface area (Å²) in [6, 6.07) is 104. The summed E-state index contributed by atoms with van der Waals surface area (Å²) in [7, 11) is 0. The van der Waals surface area contributed by atoms with Crippen LogP contribution in [0.3, 0.4) is 0 Å². The van der Waals surface area contributed by atoms with Gasteiger partial charge in [0.15, 0.2) is 0 Å². The van der Waals surface area contributed by atoms with E-state index in [1.165, 1.54) is 164 Å². The van der Waals surface area contributed by atoms with Crippen LogP contribution < -0.4 is 26.2 Å². The molecule has 3 heterocycles. The predicted octanol–water partition coefficient (Wildman–Crippen LogP) is 21.8. The normalized spacial score (nSPS) is 14.0. The number of benzene rings is 12. The Balaban J connectivity index is 1.08. The number of hydrogen-bond donors (Lipinski definition) is 0. The fourth-order valence-corrected chi connectivity index (χ4v) is 15.3. The molecule has 4 heteroatoms. The van der Waals surface area contributed by atoms with E-state index in [0.29, 0.717) is 5.92 Å². The molecule has 90 heavy (non-hydrogen) atoms. The van der Waals surface area contributed by atoms with E-state index in [1.807, 2.05) is 0 Å². The van der Waals surface area contributed by atoms with E-state index in [0.717, 1.165) is 18.5 Å². The molecule has 1 saturated carbocycles. The molecule has 0 unspecified atom stereocenters. The lowest BCUT2D eigenvalue weighted by atomic mass is 9.33. The second kappa shape index (κ2) is 22.0. The summed E-state index contributed by atoms with van der Waals surface area (Å²) >= 11 is 0. The number of aromatic nitrogens is 1. The van der Waals surface area contributed by atoms with E-state index in [2.05, 4.69) is 329 Å². The number of rotatable bonds is 9. The Morgan fingerprint density at radius 2 is 0.733 bits per heavy atom. The summed E-state index contributed by atoms with van der Waals surface area (Å²) in [6.45, 7) is 13.9. The number of nitrogens with zero attached hydrogens (tertiary/aromatic N) is 3. The molecule has 1 fully saturated rings. The van der Waals surface area contributed by atoms with Crippen molar-refractivity contribution < 1.29 is 0 Å². The van der Waals surface area contributed by atoms with E-state index in [-0.39, 0.29) is 17.5 Å². The van der Waals surface area contributed by atoms with Gasteiger partial charge in [-0.2, -0.15) is 0 Å². The van der Waals surface area contributed by atoms with Crippen LogP contribution >= 0.6 is 0 Å². The smallest absolute Gasteiger partial charge is 0.252 e. The Kier molecular flexibility index (Phi) is 13.5. The molecule has 1 aliphatic carbocycles. The van der Waals surface area contributed by atoms with Gasteiger partial charge in [-0.15, -0.1) is 0 Å². The SMILES string of the molecule is CC(C)(C)c1ccc2c3ccc(C(C)(C)C)cc3n(-c3ccc4c(c3)N(c3c(-c5ccccc5)cccc3-c3ccccc3)c3cc(C5CCCCC5)cc5c3B4c3ccc(-c4ccccc4)cc3N5c3c(-c4ccccc4)cccc3-c3ccccc3)c2c1. The molecule has 12 aromatic carbocycles. The molecule has 0 N–H and O–H groups in total. The van der Waals surface area contributed by atoms with Crippen LogP contribution in [0.15, 0.2) is 273 Å². The van der Waals surface area contributed by atoms with Gasteiger partial charge in [-0.05, 0) is 139 Å². The molecule has 0 saturated heterocycles. The van der Waals surface area contributed by atoms with Gasteiger partial charge >= 0.3 is 0 Å². The molecule has 0 amide bonds. The van der Waals surface area contributed by atoms with Gasteiger partial charge in [0.05, 0.1) is 22.4 Å². The van der Waals surface area contributed by atoms with E-state index >= 15 is 0 Å². The van der Waals surface area contributed by atoms with Gasteiger partial charge in [0.1, 0.15) is 0 Å². The highest BCUT2D eigenvalue weighted by Crippen LogP contribution is 2.55. The molecule has 3 nitrogen and oxygen atoms in total. The highest BCUT2D eigenvalue weighted by Gasteiger charge is 2.46. The van der Waals surface area contributed by atoms with E-state index in [9.17, 15) is 0 Å². The highest BCUT2D eigenvalue weighted by atomic mass is 15.2. The van der Waals surface area contributed by atoms with Crippen LogP contribution in [-0.2, 0) is 10.8 Å². The molecule has 1 aromatic heterocycles. The lowest BCUT2D eigenvalue weighted by Crippen LogP contribution is -2.61. The fraction of sp³-hybridized carbons (Fsp3) is 0.163. The van der Waals surface area contributed by atoms with E-state index in [1.54, 1.807) is 0 Å². The van der Waals surface area contributed by atoms with Crippen LogP contribution in [0.1, 0.15) is 96.3 Å². The third-order valence-corrected chi connectivity index (χ3v) is 19.9. The van der Waals surface area contributed by atoms with Gasteiger partial charge in [0.2, 0.25) is 0 Å². The molecule has 3 aliphatic rings. The molecule has 0 radical (unpaired) electrons. The highest BCUT2D eigenvalue weighted by molar-refractivity contribution is 7.00. The first kappa shape index (κ1) is 55.4. The third kappa shape index (κ3) is 9.41. The maximum Gasteiger partial charge on any atom is 0.252 e. The van der Waals surface area contributed by atoms with Gasteiger partial charge in [-0.1, -0.05) is 291 Å². The molecule has 16 rings (SSSR count). The van der Waals surface area contributed by atoms with Crippen molar-refractivity contribution in [1.82, 2.24) is 4.57 Å². The summed E-state index contributed by atoms with van der Waals surface area (Å²) in [5.74, 6) is 0.384. The van der Waals surface area contributed by atoms with Crippen molar-refractivity contribution in [1.29, 1.82) is 0 Å². The summed E-state index contributed by atoms with van der Waals surface area (Å²) in [5.41, 5.74) is 30.5. The second-order valence-electron chi connectivity index (χ2n) is 27.5. The monoisotopic (exact) mass is 1160 g/mol. The molecule has 13 aromatic rings. The zero-order valence-electron chi connectivity index (χ0n) is 52.5. The first-order chi connectivity index (χ1) is 43.9. The first-order valence-corrected chi connectivity index (χ1v) is 32.6. The van der Waals surface area contributed by atoms with Crippen LogP contribution in [0.4, 0.5) is 34.1 Å². The zero-order valence-corrected chi connectivity index (χ0v) is 52.5. The predicted molar refractivity (Wildman–Crippen MR) is 385 cm³/mol. The third-order valence-electron chi connectivity index (χ3n) is 19.9. The molecule has 436 valence electrons. The van der Waals surface area contributed by atoms with Crippen LogP contribution in [0.5, 0.6) is 0 Å². The van der Waals surface area contributed by atoms with Gasteiger partial charge in [-0.25, -0.2) is 0 Å². The summed E-state index contributed by atoms with van der Waals surface area (Å²) < 4.78 is 2.60. The summed E-state index contributed by atoms with van der Waals surface area (Å²) in [6.07, 6.45) is 6.03. The van der Waals surface area contributed by atoms with Gasteiger partial charge in [0, 0.05) is 61.5 Å². The first-order valence-electron chi connectivity index (χ1n) is 32.6. The number of para-hydroxylation sites is 2. The summed E-state index contributed by atoms with van der Waals surface area (Å²) in [4.78, 5) is 5.48. The van der Waals surface area contributed by atoms with Crippen molar-refractivity contribution in [3.05, 3.63) is 290 Å². The van der Waals surface area contributed by atoms with Crippen LogP contribution in [0.2, 0.25) is 0 Å². The molecular formula is C86H74BN3. The maximum atomic E-state index is 2.75. The largest absolute Gasteiger partial charge is 0.310 e. The summed E-state index contributed by atoms with van der Waals surface area (Å²) in [5, 5.41) is 2.53. The average Bonchev–Trinajstić information content (AvgIpc) is 0.727. The minimum atomic E-state index is -0.141. The van der Waals surface area contributed by atoms with Crippen molar-refractivity contribution in [3.63, 3.8) is 0 Å². The van der Waals surface area contributed by atoms with Crippen molar-refractivity contribution in [2.45, 2.75) is 90.4 Å². The van der Waals surface area contributed by atoms with Gasteiger partial charge in [0.25, 0.3) is 6.71 Å². The zero-order chi connectivity index (χ0) is 60.8. The molecule has 0 atom stereocenters. The number of anilines is 6. The quantitative estimate of drug-likeness (QED) is 0.133. The van der Waals surface area contributed by atoms with Crippen molar-refractivity contribution in [3.8, 4) is 61.3 Å². The molecular weight excluding hydrogens is 1090 g/mol. The number of fused-ring (bicyclic) bond motifs is 7. The molecule has 0 bridgehead atoms. The van der Waals surface area contributed by atoms with Crippen molar-refractivity contribution >= 4 is 79.0 Å². The Hall–Kier alpha value is -9.90.